The summed E-state index contributed by atoms with van der Waals surface area (Å²) in [6.45, 7) is 1.53. The van der Waals surface area contributed by atoms with E-state index in [4.69, 9.17) is 0 Å². The number of aromatic nitrogens is 1. The summed E-state index contributed by atoms with van der Waals surface area (Å²) in [7, 11) is 0. The molecule has 0 aliphatic heterocycles. The fraction of sp³-hybridized carbons (Fsp3) is 0.0909. The fourth-order valence-corrected chi connectivity index (χ4v) is 2.44. The minimum absolute atomic E-state index is 0.0123. The number of carbonyl (C=O) groups excluding carboxylic acids is 1. The Morgan fingerprint density at radius 3 is 2.73 bits per heavy atom. The molecule has 0 saturated carbocycles. The lowest BCUT2D eigenvalue weighted by Crippen LogP contribution is -1.90. The maximum Gasteiger partial charge on any atom is 0.188 e. The minimum atomic E-state index is 0.0123. The molecule has 1 aromatic carbocycles. The molecule has 0 saturated heterocycles. The van der Waals surface area contributed by atoms with E-state index in [1.54, 1.807) is 0 Å². The third kappa shape index (κ3) is 2.16. The molecule has 0 spiro atoms. The van der Waals surface area contributed by atoms with Gasteiger partial charge in [0.2, 0.25) is 0 Å². The van der Waals surface area contributed by atoms with Gasteiger partial charge in [-0.15, -0.1) is 11.3 Å². The van der Waals surface area contributed by atoms with Gasteiger partial charge in [0.05, 0.1) is 5.69 Å². The molecule has 0 unspecified atom stereocenters. The highest BCUT2D eigenvalue weighted by Gasteiger charge is 2.09. The molecule has 0 aliphatic carbocycles. The Hall–Kier alpha value is -1.000. The Bertz CT molecular complexity index is 507. The number of ketones is 1. The monoisotopic (exact) mass is 281 g/mol. The second-order valence-electron chi connectivity index (χ2n) is 3.07. The molecule has 0 N–H and O–H groups in total. The van der Waals surface area contributed by atoms with Gasteiger partial charge in [-0.2, -0.15) is 0 Å². The third-order valence-electron chi connectivity index (χ3n) is 1.96. The zero-order chi connectivity index (χ0) is 10.8. The summed E-state index contributed by atoms with van der Waals surface area (Å²) in [6.07, 6.45) is 0. The number of benzene rings is 1. The highest BCUT2D eigenvalue weighted by atomic mass is 79.9. The molecule has 0 bridgehead atoms. The Morgan fingerprint density at radius 1 is 1.40 bits per heavy atom. The van der Waals surface area contributed by atoms with Crippen LogP contribution in [-0.4, -0.2) is 10.8 Å². The summed E-state index contributed by atoms with van der Waals surface area (Å²) in [6, 6.07) is 7.84. The number of thiazole rings is 1. The van der Waals surface area contributed by atoms with E-state index in [0.29, 0.717) is 5.01 Å². The third-order valence-corrected chi connectivity index (χ3v) is 3.59. The zero-order valence-corrected chi connectivity index (χ0v) is 10.4. The molecule has 2 aromatic rings. The van der Waals surface area contributed by atoms with Gasteiger partial charge in [-0.05, 0) is 6.07 Å². The smallest absolute Gasteiger partial charge is 0.188 e. The molecule has 0 aliphatic rings. The Labute approximate surface area is 100 Å². The van der Waals surface area contributed by atoms with Crippen molar-refractivity contribution in [1.82, 2.24) is 4.98 Å². The van der Waals surface area contributed by atoms with Gasteiger partial charge in [0, 0.05) is 22.3 Å². The molecule has 76 valence electrons. The van der Waals surface area contributed by atoms with Crippen molar-refractivity contribution in [3.8, 4) is 11.3 Å². The molecule has 0 fully saturated rings. The van der Waals surface area contributed by atoms with E-state index < -0.39 is 0 Å². The number of rotatable bonds is 2. The highest BCUT2D eigenvalue weighted by Crippen LogP contribution is 2.28. The van der Waals surface area contributed by atoms with Crippen LogP contribution >= 0.6 is 27.3 Å². The topological polar surface area (TPSA) is 30.0 Å². The average molecular weight is 282 g/mol. The lowest BCUT2D eigenvalue weighted by molar-refractivity contribution is 0.101. The van der Waals surface area contributed by atoms with Crippen LogP contribution < -0.4 is 0 Å². The van der Waals surface area contributed by atoms with Crippen LogP contribution in [0.25, 0.3) is 11.3 Å². The van der Waals surface area contributed by atoms with Crippen LogP contribution in [0.15, 0.2) is 34.1 Å². The number of Topliss-reactive ketones (excluding diaryl/α,β-unsaturated/α-hetero) is 1. The standard InChI is InChI=1S/C11H8BrNOS/c1-7(14)11-13-10(6-15-11)8-4-2-3-5-9(8)12/h2-6H,1H3. The highest BCUT2D eigenvalue weighted by molar-refractivity contribution is 9.10. The number of hydrogen-bond donors (Lipinski definition) is 0. The first kappa shape index (κ1) is 10.5. The van der Waals surface area contributed by atoms with Crippen molar-refractivity contribution in [2.75, 3.05) is 0 Å². The van der Waals surface area contributed by atoms with Crippen LogP contribution in [0.4, 0.5) is 0 Å². The van der Waals surface area contributed by atoms with Crippen molar-refractivity contribution in [2.24, 2.45) is 0 Å². The normalized spacial score (nSPS) is 10.3. The Morgan fingerprint density at radius 2 is 2.13 bits per heavy atom. The summed E-state index contributed by atoms with van der Waals surface area (Å²) < 4.78 is 0.991. The molecule has 0 atom stereocenters. The Balaban J connectivity index is 2.46. The molecule has 2 nitrogen and oxygen atoms in total. The SMILES string of the molecule is CC(=O)c1nc(-c2ccccc2Br)cs1. The lowest BCUT2D eigenvalue weighted by Gasteiger charge is -1.98. The molecule has 1 aromatic heterocycles. The fourth-order valence-electron chi connectivity index (χ4n) is 1.23. The zero-order valence-electron chi connectivity index (χ0n) is 8.03. The van der Waals surface area contributed by atoms with Crippen molar-refractivity contribution in [2.45, 2.75) is 6.92 Å². The molecule has 15 heavy (non-hydrogen) atoms. The summed E-state index contributed by atoms with van der Waals surface area (Å²) in [5.41, 5.74) is 1.86. The van der Waals surface area contributed by atoms with Gasteiger partial charge >= 0.3 is 0 Å². The number of carbonyl (C=O) groups is 1. The molecule has 2 rings (SSSR count). The summed E-state index contributed by atoms with van der Waals surface area (Å²) >= 11 is 4.84. The molecular weight excluding hydrogens is 274 g/mol. The first-order valence-electron chi connectivity index (χ1n) is 4.40. The van der Waals surface area contributed by atoms with Crippen molar-refractivity contribution in [1.29, 1.82) is 0 Å². The van der Waals surface area contributed by atoms with Crippen LogP contribution in [-0.2, 0) is 0 Å². The van der Waals surface area contributed by atoms with Gasteiger partial charge in [-0.1, -0.05) is 34.1 Å². The number of nitrogens with zero attached hydrogens (tertiary/aromatic N) is 1. The minimum Gasteiger partial charge on any atom is -0.292 e. The molecule has 0 amide bonds. The number of halogens is 1. The van der Waals surface area contributed by atoms with Crippen molar-refractivity contribution < 1.29 is 4.79 Å². The maximum absolute atomic E-state index is 11.1. The van der Waals surface area contributed by atoms with Crippen LogP contribution in [0.2, 0.25) is 0 Å². The summed E-state index contributed by atoms with van der Waals surface area (Å²) in [5, 5.41) is 2.46. The second kappa shape index (κ2) is 4.24. The largest absolute Gasteiger partial charge is 0.292 e. The summed E-state index contributed by atoms with van der Waals surface area (Å²) in [5.74, 6) is 0.0123. The van der Waals surface area contributed by atoms with Gasteiger partial charge in [-0.25, -0.2) is 4.98 Å². The predicted octanol–water partition coefficient (Wildman–Crippen LogP) is 3.78. The van der Waals surface area contributed by atoms with Crippen molar-refractivity contribution in [3.05, 3.63) is 39.1 Å². The van der Waals surface area contributed by atoms with Gasteiger partial charge in [0.1, 0.15) is 0 Å². The van der Waals surface area contributed by atoms with E-state index in [1.807, 2.05) is 29.6 Å². The van der Waals surface area contributed by atoms with E-state index in [2.05, 4.69) is 20.9 Å². The lowest BCUT2D eigenvalue weighted by atomic mass is 10.2. The van der Waals surface area contributed by atoms with Crippen molar-refractivity contribution in [3.63, 3.8) is 0 Å². The van der Waals surface area contributed by atoms with Gasteiger partial charge < -0.3 is 0 Å². The van der Waals surface area contributed by atoms with E-state index in [0.717, 1.165) is 15.7 Å². The molecule has 0 radical (unpaired) electrons. The van der Waals surface area contributed by atoms with E-state index >= 15 is 0 Å². The summed E-state index contributed by atoms with van der Waals surface area (Å²) in [4.78, 5) is 15.4. The predicted molar refractivity (Wildman–Crippen MR) is 65.3 cm³/mol. The van der Waals surface area contributed by atoms with E-state index in [1.165, 1.54) is 18.3 Å². The average Bonchev–Trinajstić information content (AvgIpc) is 2.67. The van der Waals surface area contributed by atoms with E-state index in [-0.39, 0.29) is 5.78 Å². The van der Waals surface area contributed by atoms with Gasteiger partial charge in [0.15, 0.2) is 10.8 Å². The second-order valence-corrected chi connectivity index (χ2v) is 4.79. The quantitative estimate of drug-likeness (QED) is 0.785. The molecule has 1 heterocycles. The first-order chi connectivity index (χ1) is 7.18. The van der Waals surface area contributed by atoms with Crippen LogP contribution in [0.1, 0.15) is 16.7 Å². The van der Waals surface area contributed by atoms with E-state index in [9.17, 15) is 4.79 Å². The molecule has 4 heteroatoms. The first-order valence-corrected chi connectivity index (χ1v) is 6.07. The molecular formula is C11H8BrNOS. The van der Waals surface area contributed by atoms with Crippen LogP contribution in [0, 0.1) is 0 Å². The van der Waals surface area contributed by atoms with Gasteiger partial charge in [0.25, 0.3) is 0 Å². The van der Waals surface area contributed by atoms with Gasteiger partial charge in [-0.3, -0.25) is 4.79 Å². The van der Waals surface area contributed by atoms with Crippen LogP contribution in [0.3, 0.4) is 0 Å². The Kier molecular flexibility index (Phi) is 2.98. The number of hydrogen-bond acceptors (Lipinski definition) is 3. The maximum atomic E-state index is 11.1. The van der Waals surface area contributed by atoms with Crippen molar-refractivity contribution >= 4 is 33.0 Å². The van der Waals surface area contributed by atoms with Crippen LogP contribution in [0.5, 0.6) is 0 Å².